The van der Waals surface area contributed by atoms with Gasteiger partial charge in [-0.15, -0.1) is 0 Å². The maximum atomic E-state index is 10.3. The monoisotopic (exact) mass is 172 g/mol. The SMILES string of the molecule is CCOCc1nc(C(=O)O)no1. The molecule has 0 radical (unpaired) electrons. The molecule has 0 aliphatic heterocycles. The summed E-state index contributed by atoms with van der Waals surface area (Å²) < 4.78 is 9.48. The van der Waals surface area contributed by atoms with Crippen molar-refractivity contribution in [3.63, 3.8) is 0 Å². The fraction of sp³-hybridized carbons (Fsp3) is 0.500. The average Bonchev–Trinajstić information content (AvgIpc) is 2.48. The maximum absolute atomic E-state index is 10.3. The third kappa shape index (κ3) is 2.03. The van der Waals surface area contributed by atoms with Gasteiger partial charge in [-0.3, -0.25) is 0 Å². The van der Waals surface area contributed by atoms with Gasteiger partial charge in [-0.05, 0) is 12.1 Å². The van der Waals surface area contributed by atoms with Crippen molar-refractivity contribution in [1.82, 2.24) is 10.1 Å². The predicted molar refractivity (Wildman–Crippen MR) is 36.6 cm³/mol. The van der Waals surface area contributed by atoms with Gasteiger partial charge in [-0.25, -0.2) is 4.79 Å². The molecule has 6 nitrogen and oxygen atoms in total. The minimum absolute atomic E-state index is 0.150. The molecule has 0 amide bonds. The summed E-state index contributed by atoms with van der Waals surface area (Å²) in [5.41, 5.74) is 0. The van der Waals surface area contributed by atoms with Crippen LogP contribution in [-0.2, 0) is 11.3 Å². The fourth-order valence-corrected chi connectivity index (χ4v) is 0.590. The van der Waals surface area contributed by atoms with Crippen LogP contribution in [-0.4, -0.2) is 27.8 Å². The summed E-state index contributed by atoms with van der Waals surface area (Å²) in [4.78, 5) is 13.8. The van der Waals surface area contributed by atoms with E-state index >= 15 is 0 Å². The Kier molecular flexibility index (Phi) is 2.76. The van der Waals surface area contributed by atoms with Crippen molar-refractivity contribution in [2.45, 2.75) is 13.5 Å². The van der Waals surface area contributed by atoms with Crippen molar-refractivity contribution < 1.29 is 19.2 Å². The molecular formula is C6H8N2O4. The van der Waals surface area contributed by atoms with Crippen LogP contribution in [0.3, 0.4) is 0 Å². The number of carboxylic acids is 1. The van der Waals surface area contributed by atoms with Crippen LogP contribution >= 0.6 is 0 Å². The van der Waals surface area contributed by atoms with E-state index in [1.165, 1.54) is 0 Å². The molecule has 0 atom stereocenters. The standard InChI is InChI=1S/C6H8N2O4/c1-2-11-3-4-7-5(6(9)10)8-12-4/h2-3H2,1H3,(H,9,10). The summed E-state index contributed by atoms with van der Waals surface area (Å²) in [5.74, 6) is -1.37. The van der Waals surface area contributed by atoms with Crippen molar-refractivity contribution in [2.24, 2.45) is 0 Å². The molecule has 1 heterocycles. The van der Waals surface area contributed by atoms with Crippen molar-refractivity contribution >= 4 is 5.97 Å². The summed E-state index contributed by atoms with van der Waals surface area (Å²) in [7, 11) is 0. The van der Waals surface area contributed by atoms with Gasteiger partial charge in [0.15, 0.2) is 0 Å². The Balaban J connectivity index is 2.58. The van der Waals surface area contributed by atoms with Crippen LogP contribution in [0.1, 0.15) is 23.4 Å². The lowest BCUT2D eigenvalue weighted by molar-refractivity contribution is 0.0680. The lowest BCUT2D eigenvalue weighted by atomic mass is 10.6. The van der Waals surface area contributed by atoms with Crippen molar-refractivity contribution in [3.8, 4) is 0 Å². The van der Waals surface area contributed by atoms with E-state index in [1.807, 2.05) is 6.92 Å². The van der Waals surface area contributed by atoms with Crippen molar-refractivity contribution in [2.75, 3.05) is 6.61 Å². The van der Waals surface area contributed by atoms with Gasteiger partial charge in [0.05, 0.1) is 0 Å². The van der Waals surface area contributed by atoms with E-state index in [9.17, 15) is 4.79 Å². The number of rotatable bonds is 4. The number of carboxylic acid groups (broad SMARTS) is 1. The normalized spacial score (nSPS) is 10.1. The number of hydrogen-bond donors (Lipinski definition) is 1. The van der Waals surface area contributed by atoms with E-state index in [2.05, 4.69) is 14.7 Å². The van der Waals surface area contributed by atoms with Gasteiger partial charge in [0, 0.05) is 6.61 Å². The molecule has 0 aromatic carbocycles. The van der Waals surface area contributed by atoms with Crippen molar-refractivity contribution in [3.05, 3.63) is 11.7 Å². The van der Waals surface area contributed by atoms with Crippen LogP contribution in [0.4, 0.5) is 0 Å². The second kappa shape index (κ2) is 3.82. The molecule has 1 aromatic heterocycles. The second-order valence-corrected chi connectivity index (χ2v) is 1.95. The predicted octanol–water partition coefficient (Wildman–Crippen LogP) is 0.304. The first-order valence-corrected chi connectivity index (χ1v) is 3.37. The smallest absolute Gasteiger partial charge is 0.377 e. The highest BCUT2D eigenvalue weighted by molar-refractivity contribution is 5.82. The maximum Gasteiger partial charge on any atom is 0.377 e. The molecule has 6 heteroatoms. The minimum Gasteiger partial charge on any atom is -0.475 e. The molecule has 66 valence electrons. The molecule has 0 unspecified atom stereocenters. The number of aromatic nitrogens is 2. The van der Waals surface area contributed by atoms with Gasteiger partial charge in [0.1, 0.15) is 6.61 Å². The van der Waals surface area contributed by atoms with E-state index < -0.39 is 5.97 Å². The zero-order chi connectivity index (χ0) is 8.97. The zero-order valence-corrected chi connectivity index (χ0v) is 6.48. The molecule has 0 fully saturated rings. The van der Waals surface area contributed by atoms with Crippen molar-refractivity contribution in [1.29, 1.82) is 0 Å². The van der Waals surface area contributed by atoms with E-state index in [0.717, 1.165) is 0 Å². The second-order valence-electron chi connectivity index (χ2n) is 1.95. The zero-order valence-electron chi connectivity index (χ0n) is 6.48. The van der Waals surface area contributed by atoms with Gasteiger partial charge >= 0.3 is 5.97 Å². The Morgan fingerprint density at radius 2 is 2.50 bits per heavy atom. The minimum atomic E-state index is -1.21. The molecule has 0 aliphatic rings. The van der Waals surface area contributed by atoms with E-state index in [4.69, 9.17) is 9.84 Å². The van der Waals surface area contributed by atoms with Gasteiger partial charge in [-0.2, -0.15) is 4.98 Å². The van der Waals surface area contributed by atoms with Crippen LogP contribution in [0, 0.1) is 0 Å². The molecule has 1 aromatic rings. The molecular weight excluding hydrogens is 164 g/mol. The Labute approximate surface area is 68.1 Å². The van der Waals surface area contributed by atoms with Crippen LogP contribution in [0.15, 0.2) is 4.52 Å². The third-order valence-corrected chi connectivity index (χ3v) is 1.09. The highest BCUT2D eigenvalue weighted by atomic mass is 16.5. The molecule has 0 saturated heterocycles. The molecule has 0 aliphatic carbocycles. The first-order chi connectivity index (χ1) is 5.74. The first kappa shape index (κ1) is 8.66. The number of ether oxygens (including phenoxy) is 1. The first-order valence-electron chi connectivity index (χ1n) is 3.37. The summed E-state index contributed by atoms with van der Waals surface area (Å²) >= 11 is 0. The lowest BCUT2D eigenvalue weighted by Crippen LogP contribution is -1.99. The van der Waals surface area contributed by atoms with Crippen LogP contribution in [0.2, 0.25) is 0 Å². The molecule has 0 bridgehead atoms. The number of carbonyl (C=O) groups is 1. The Bertz CT molecular complexity index is 270. The number of aromatic carboxylic acids is 1. The highest BCUT2D eigenvalue weighted by Gasteiger charge is 2.11. The fourth-order valence-electron chi connectivity index (χ4n) is 0.590. The van der Waals surface area contributed by atoms with E-state index in [0.29, 0.717) is 6.61 Å². The Hall–Kier alpha value is -1.43. The topological polar surface area (TPSA) is 85.5 Å². The third-order valence-electron chi connectivity index (χ3n) is 1.09. The van der Waals surface area contributed by atoms with Gasteiger partial charge in [0.2, 0.25) is 0 Å². The van der Waals surface area contributed by atoms with E-state index in [-0.39, 0.29) is 18.3 Å². The van der Waals surface area contributed by atoms with Crippen LogP contribution in [0.5, 0.6) is 0 Å². The molecule has 0 spiro atoms. The number of nitrogens with zero attached hydrogens (tertiary/aromatic N) is 2. The largest absolute Gasteiger partial charge is 0.475 e. The highest BCUT2D eigenvalue weighted by Crippen LogP contribution is 1.98. The lowest BCUT2D eigenvalue weighted by Gasteiger charge is -1.91. The quantitative estimate of drug-likeness (QED) is 0.703. The molecule has 1 rings (SSSR count). The summed E-state index contributed by atoms with van der Waals surface area (Å²) in [5, 5.41) is 11.6. The molecule has 0 saturated carbocycles. The Morgan fingerprint density at radius 1 is 1.75 bits per heavy atom. The van der Waals surface area contributed by atoms with Gasteiger partial charge in [0.25, 0.3) is 11.7 Å². The summed E-state index contributed by atoms with van der Waals surface area (Å²) in [6.45, 7) is 2.48. The summed E-state index contributed by atoms with van der Waals surface area (Å²) in [6.07, 6.45) is 0. The van der Waals surface area contributed by atoms with E-state index in [1.54, 1.807) is 0 Å². The van der Waals surface area contributed by atoms with Crippen LogP contribution < -0.4 is 0 Å². The van der Waals surface area contributed by atoms with Crippen LogP contribution in [0.25, 0.3) is 0 Å². The molecule has 1 N–H and O–H groups in total. The number of hydrogen-bond acceptors (Lipinski definition) is 5. The average molecular weight is 172 g/mol. The van der Waals surface area contributed by atoms with Gasteiger partial charge < -0.3 is 14.4 Å². The molecule has 12 heavy (non-hydrogen) atoms. The summed E-state index contributed by atoms with van der Waals surface area (Å²) in [6, 6.07) is 0. The van der Waals surface area contributed by atoms with Gasteiger partial charge in [-0.1, -0.05) is 0 Å². The Morgan fingerprint density at radius 3 is 3.00 bits per heavy atom.